The highest BCUT2D eigenvalue weighted by molar-refractivity contribution is 9.09. The van der Waals surface area contributed by atoms with Gasteiger partial charge in [-0.1, -0.05) is 22.9 Å². The molecule has 70 valence electrons. The van der Waals surface area contributed by atoms with Gasteiger partial charge in [-0.15, -0.1) is 11.3 Å². The molecule has 0 aliphatic rings. The SMILES string of the molecule is CC(Br)CCc1cn2ccsc2n1. The molecule has 2 aromatic heterocycles. The van der Waals surface area contributed by atoms with Crippen molar-refractivity contribution in [2.24, 2.45) is 0 Å². The van der Waals surface area contributed by atoms with Gasteiger partial charge in [0.2, 0.25) is 0 Å². The van der Waals surface area contributed by atoms with E-state index >= 15 is 0 Å². The van der Waals surface area contributed by atoms with Crippen LogP contribution in [0.5, 0.6) is 0 Å². The third-order valence-electron chi connectivity index (χ3n) is 1.94. The minimum absolute atomic E-state index is 0.576. The summed E-state index contributed by atoms with van der Waals surface area (Å²) in [5.74, 6) is 0. The molecular weight excluding hydrogens is 248 g/mol. The standard InChI is InChI=1S/C9H11BrN2S/c1-7(10)2-3-8-6-12-4-5-13-9(12)11-8/h4-7H,2-3H2,1H3. The first-order chi connectivity index (χ1) is 6.25. The Bertz CT molecular complexity index is 362. The van der Waals surface area contributed by atoms with Gasteiger partial charge in [-0.25, -0.2) is 4.98 Å². The number of nitrogens with zero attached hydrogens (tertiary/aromatic N) is 2. The van der Waals surface area contributed by atoms with Crippen molar-refractivity contribution >= 4 is 32.2 Å². The van der Waals surface area contributed by atoms with E-state index in [1.54, 1.807) is 11.3 Å². The van der Waals surface area contributed by atoms with E-state index in [4.69, 9.17) is 0 Å². The van der Waals surface area contributed by atoms with Gasteiger partial charge in [0, 0.05) is 22.6 Å². The fourth-order valence-corrected chi connectivity index (χ4v) is 2.19. The number of hydrogen-bond donors (Lipinski definition) is 0. The predicted molar refractivity (Wildman–Crippen MR) is 59.8 cm³/mol. The Morgan fingerprint density at radius 1 is 1.69 bits per heavy atom. The van der Waals surface area contributed by atoms with Crippen LogP contribution in [0.4, 0.5) is 0 Å². The van der Waals surface area contributed by atoms with Crippen LogP contribution >= 0.6 is 27.3 Å². The van der Waals surface area contributed by atoms with Crippen LogP contribution in [0, 0.1) is 0 Å². The largest absolute Gasteiger partial charge is 0.297 e. The van der Waals surface area contributed by atoms with Crippen LogP contribution in [-0.4, -0.2) is 14.2 Å². The molecule has 1 unspecified atom stereocenters. The highest BCUT2D eigenvalue weighted by Gasteiger charge is 2.03. The highest BCUT2D eigenvalue weighted by Crippen LogP contribution is 2.14. The Morgan fingerprint density at radius 2 is 2.54 bits per heavy atom. The molecule has 0 N–H and O–H groups in total. The van der Waals surface area contributed by atoms with Crippen LogP contribution < -0.4 is 0 Å². The van der Waals surface area contributed by atoms with Crippen LogP contribution in [0.15, 0.2) is 17.8 Å². The first-order valence-corrected chi connectivity index (χ1v) is 6.10. The van der Waals surface area contributed by atoms with Gasteiger partial charge in [-0.2, -0.15) is 0 Å². The Kier molecular flexibility index (Phi) is 2.69. The van der Waals surface area contributed by atoms with Gasteiger partial charge in [0.05, 0.1) is 5.69 Å². The lowest BCUT2D eigenvalue weighted by molar-refractivity contribution is 0.806. The summed E-state index contributed by atoms with van der Waals surface area (Å²) in [5, 5.41) is 2.05. The predicted octanol–water partition coefficient (Wildman–Crippen LogP) is 3.11. The summed E-state index contributed by atoms with van der Waals surface area (Å²) in [6.07, 6.45) is 6.36. The van der Waals surface area contributed by atoms with E-state index in [0.29, 0.717) is 4.83 Å². The molecule has 0 spiro atoms. The zero-order valence-electron chi connectivity index (χ0n) is 7.40. The summed E-state index contributed by atoms with van der Waals surface area (Å²) < 4.78 is 2.08. The van der Waals surface area contributed by atoms with Crippen molar-refractivity contribution in [2.45, 2.75) is 24.6 Å². The monoisotopic (exact) mass is 258 g/mol. The first kappa shape index (κ1) is 9.21. The van der Waals surface area contributed by atoms with Gasteiger partial charge in [-0.05, 0) is 12.8 Å². The van der Waals surface area contributed by atoms with Gasteiger partial charge in [0.1, 0.15) is 0 Å². The van der Waals surface area contributed by atoms with E-state index in [1.807, 2.05) is 6.20 Å². The number of fused-ring (bicyclic) bond motifs is 1. The molecule has 0 aliphatic carbocycles. The van der Waals surface area contributed by atoms with Crippen LogP contribution in [0.2, 0.25) is 0 Å². The fourth-order valence-electron chi connectivity index (χ4n) is 1.24. The van der Waals surface area contributed by atoms with Crippen molar-refractivity contribution in [2.75, 3.05) is 0 Å². The maximum atomic E-state index is 4.51. The average molecular weight is 259 g/mol. The molecule has 1 atom stereocenters. The Balaban J connectivity index is 2.11. The number of alkyl halides is 1. The molecule has 0 amide bonds. The number of halogens is 1. The summed E-state index contributed by atoms with van der Waals surface area (Å²) in [5.41, 5.74) is 1.19. The van der Waals surface area contributed by atoms with Gasteiger partial charge in [0.25, 0.3) is 0 Å². The molecule has 0 fully saturated rings. The molecule has 2 nitrogen and oxygen atoms in total. The molecule has 2 heterocycles. The van der Waals surface area contributed by atoms with Gasteiger partial charge in [0.15, 0.2) is 4.96 Å². The summed E-state index contributed by atoms with van der Waals surface area (Å²) in [6.45, 7) is 2.17. The minimum Gasteiger partial charge on any atom is -0.297 e. The topological polar surface area (TPSA) is 17.3 Å². The van der Waals surface area contributed by atoms with Crippen molar-refractivity contribution in [3.63, 3.8) is 0 Å². The van der Waals surface area contributed by atoms with Gasteiger partial charge in [-0.3, -0.25) is 4.40 Å². The number of aryl methyl sites for hydroxylation is 1. The van der Waals surface area contributed by atoms with Crippen molar-refractivity contribution < 1.29 is 0 Å². The van der Waals surface area contributed by atoms with Crippen molar-refractivity contribution in [3.8, 4) is 0 Å². The fraction of sp³-hybridized carbons (Fsp3) is 0.444. The second-order valence-corrected chi connectivity index (χ2v) is 5.58. The lowest BCUT2D eigenvalue weighted by Gasteiger charge is -1.98. The lowest BCUT2D eigenvalue weighted by Crippen LogP contribution is -1.93. The molecule has 13 heavy (non-hydrogen) atoms. The number of aromatic nitrogens is 2. The zero-order chi connectivity index (χ0) is 9.26. The van der Waals surface area contributed by atoms with Crippen LogP contribution in [-0.2, 0) is 6.42 Å². The number of imidazole rings is 1. The molecule has 0 aromatic carbocycles. The minimum atomic E-state index is 0.576. The molecular formula is C9H11BrN2S. The molecule has 2 aromatic rings. The molecule has 0 saturated heterocycles. The first-order valence-electron chi connectivity index (χ1n) is 4.31. The third-order valence-corrected chi connectivity index (χ3v) is 3.17. The van der Waals surface area contributed by atoms with E-state index in [1.165, 1.54) is 5.69 Å². The Morgan fingerprint density at radius 3 is 3.23 bits per heavy atom. The molecule has 0 aliphatic heterocycles. The van der Waals surface area contributed by atoms with Crippen LogP contribution in [0.1, 0.15) is 19.0 Å². The van der Waals surface area contributed by atoms with Crippen molar-refractivity contribution in [1.82, 2.24) is 9.38 Å². The summed E-state index contributed by atoms with van der Waals surface area (Å²) in [4.78, 5) is 6.18. The highest BCUT2D eigenvalue weighted by atomic mass is 79.9. The lowest BCUT2D eigenvalue weighted by atomic mass is 10.2. The smallest absolute Gasteiger partial charge is 0.193 e. The Labute approximate surface area is 89.7 Å². The quantitative estimate of drug-likeness (QED) is 0.774. The number of hydrogen-bond acceptors (Lipinski definition) is 2. The Hall–Kier alpha value is -0.350. The average Bonchev–Trinajstić information content (AvgIpc) is 2.58. The normalized spacial score (nSPS) is 13.7. The molecule has 4 heteroatoms. The molecule has 0 bridgehead atoms. The van der Waals surface area contributed by atoms with Crippen molar-refractivity contribution in [1.29, 1.82) is 0 Å². The van der Waals surface area contributed by atoms with Crippen LogP contribution in [0.3, 0.4) is 0 Å². The van der Waals surface area contributed by atoms with Gasteiger partial charge < -0.3 is 0 Å². The number of rotatable bonds is 3. The maximum Gasteiger partial charge on any atom is 0.193 e. The molecule has 2 rings (SSSR count). The summed E-state index contributed by atoms with van der Waals surface area (Å²) in [7, 11) is 0. The van der Waals surface area contributed by atoms with Crippen molar-refractivity contribution in [3.05, 3.63) is 23.5 Å². The second-order valence-electron chi connectivity index (χ2n) is 3.14. The van der Waals surface area contributed by atoms with E-state index in [-0.39, 0.29) is 0 Å². The van der Waals surface area contributed by atoms with E-state index < -0.39 is 0 Å². The molecule has 0 saturated carbocycles. The second kappa shape index (κ2) is 3.80. The van der Waals surface area contributed by atoms with E-state index in [0.717, 1.165) is 17.8 Å². The number of thiazole rings is 1. The van der Waals surface area contributed by atoms with E-state index in [2.05, 4.69) is 43.8 Å². The van der Waals surface area contributed by atoms with Gasteiger partial charge >= 0.3 is 0 Å². The maximum absolute atomic E-state index is 4.51. The third kappa shape index (κ3) is 2.11. The zero-order valence-corrected chi connectivity index (χ0v) is 9.81. The molecule has 0 radical (unpaired) electrons. The summed E-state index contributed by atoms with van der Waals surface area (Å²) in [6, 6.07) is 0. The van der Waals surface area contributed by atoms with Crippen LogP contribution in [0.25, 0.3) is 4.96 Å². The van der Waals surface area contributed by atoms with E-state index in [9.17, 15) is 0 Å². The summed E-state index contributed by atoms with van der Waals surface area (Å²) >= 11 is 5.22.